The fourth-order valence-corrected chi connectivity index (χ4v) is 3.10. The predicted molar refractivity (Wildman–Crippen MR) is 83.0 cm³/mol. The van der Waals surface area contributed by atoms with Gasteiger partial charge >= 0.3 is 6.30 Å². The Hall–Kier alpha value is -2.58. The van der Waals surface area contributed by atoms with Crippen LogP contribution in [0.15, 0.2) is 42.5 Å². The second-order valence-electron chi connectivity index (χ2n) is 5.39. The van der Waals surface area contributed by atoms with Gasteiger partial charge in [-0.1, -0.05) is 35.9 Å². The third kappa shape index (κ3) is 2.45. The molecule has 0 saturated heterocycles. The summed E-state index contributed by atoms with van der Waals surface area (Å²) in [6, 6.07) is 8.55. The first-order valence-corrected chi connectivity index (χ1v) is 7.29. The molecule has 1 heterocycles. The van der Waals surface area contributed by atoms with Crippen LogP contribution in [-0.2, 0) is 10.4 Å². The van der Waals surface area contributed by atoms with E-state index in [0.717, 1.165) is 18.2 Å². The van der Waals surface area contributed by atoms with Crippen molar-refractivity contribution < 1.29 is 27.9 Å². The summed E-state index contributed by atoms with van der Waals surface area (Å²) in [6.45, 7) is 0. The maximum absolute atomic E-state index is 13.4. The molecule has 0 saturated carbocycles. The molecule has 0 aliphatic carbocycles. The van der Waals surface area contributed by atoms with Crippen molar-refractivity contribution in [1.29, 1.82) is 0 Å². The Balaban J connectivity index is 2.33. The van der Waals surface area contributed by atoms with Crippen molar-refractivity contribution in [3.05, 3.63) is 64.2 Å². The molecule has 1 unspecified atom stereocenters. The van der Waals surface area contributed by atoms with Crippen LogP contribution in [0.3, 0.4) is 0 Å². The molecule has 130 valence electrons. The lowest BCUT2D eigenvalue weighted by molar-refractivity contribution is -0.157. The Morgan fingerprint density at radius 3 is 2.36 bits per heavy atom. The summed E-state index contributed by atoms with van der Waals surface area (Å²) >= 11 is 5.98. The van der Waals surface area contributed by atoms with Gasteiger partial charge in [0, 0.05) is 21.7 Å². The molecular weight excluding hydrogens is 361 g/mol. The highest BCUT2D eigenvalue weighted by molar-refractivity contribution is 6.32. The summed E-state index contributed by atoms with van der Waals surface area (Å²) in [6.07, 6.45) is -5.12. The average Bonchev–Trinajstić information content (AvgIpc) is 2.75. The lowest BCUT2D eigenvalue weighted by Crippen LogP contribution is -2.47. The van der Waals surface area contributed by atoms with Crippen LogP contribution in [0.1, 0.15) is 21.5 Å². The number of fused-ring (bicyclic) bond motifs is 1. The minimum absolute atomic E-state index is 0.0766. The number of rotatable bonds is 2. The molecule has 1 aliphatic heterocycles. The number of nitrogens with two attached hydrogens (primary N) is 1. The number of benzene rings is 2. The van der Waals surface area contributed by atoms with E-state index in [2.05, 4.69) is 0 Å². The highest BCUT2D eigenvalue weighted by Gasteiger charge is 2.59. The molecule has 0 fully saturated rings. The second kappa shape index (κ2) is 5.47. The Bertz CT molecular complexity index is 900. The first-order chi connectivity index (χ1) is 11.6. The van der Waals surface area contributed by atoms with E-state index in [1.54, 1.807) is 0 Å². The van der Waals surface area contributed by atoms with Crippen LogP contribution in [0.2, 0.25) is 5.02 Å². The number of anilines is 1. The molecule has 1 atom stereocenters. The van der Waals surface area contributed by atoms with Gasteiger partial charge in [-0.2, -0.15) is 0 Å². The summed E-state index contributed by atoms with van der Waals surface area (Å²) in [7, 11) is 0. The van der Waals surface area contributed by atoms with Crippen molar-refractivity contribution in [2.45, 2.75) is 11.9 Å². The number of alkyl halides is 3. The number of amides is 2. The Morgan fingerprint density at radius 2 is 1.80 bits per heavy atom. The third-order valence-corrected chi connectivity index (χ3v) is 4.27. The number of carbonyl (C=O) groups excluding carboxylic acids is 2. The molecule has 1 aliphatic rings. The van der Waals surface area contributed by atoms with Crippen LogP contribution >= 0.6 is 11.6 Å². The lowest BCUT2D eigenvalue weighted by Gasteiger charge is -2.25. The van der Waals surface area contributed by atoms with E-state index in [9.17, 15) is 27.9 Å². The number of nitrogens with zero attached hydrogens (tertiary/aromatic N) is 1. The van der Waals surface area contributed by atoms with Crippen molar-refractivity contribution >= 4 is 29.1 Å². The normalized spacial score (nSPS) is 19.9. The van der Waals surface area contributed by atoms with E-state index >= 15 is 0 Å². The standard InChI is InChI=1S/C16H10ClF3N2O3/c17-11-4-2-1-3-9(11)15(25)10-6-5-8(13(21)23)7-12(10)22(14(15)24)16(18,19)20/h1-7,25H,(H2,21,23). The second-order valence-corrected chi connectivity index (χ2v) is 5.80. The summed E-state index contributed by atoms with van der Waals surface area (Å²) in [5.74, 6) is -2.60. The summed E-state index contributed by atoms with van der Waals surface area (Å²) < 4.78 is 40.3. The average molecular weight is 371 g/mol. The zero-order valence-electron chi connectivity index (χ0n) is 12.3. The van der Waals surface area contributed by atoms with Gasteiger partial charge in [0.25, 0.3) is 5.91 Å². The van der Waals surface area contributed by atoms with Gasteiger partial charge in [0.1, 0.15) is 0 Å². The minimum Gasteiger partial charge on any atom is -0.372 e. The van der Waals surface area contributed by atoms with E-state index in [4.69, 9.17) is 17.3 Å². The SMILES string of the molecule is NC(=O)c1ccc2c(c1)N(C(F)(F)F)C(=O)C2(O)c1ccccc1Cl. The van der Waals surface area contributed by atoms with Crippen LogP contribution in [0.4, 0.5) is 18.9 Å². The van der Waals surface area contributed by atoms with Crippen molar-refractivity contribution in [3.63, 3.8) is 0 Å². The lowest BCUT2D eigenvalue weighted by atomic mass is 9.87. The molecule has 9 heteroatoms. The first kappa shape index (κ1) is 17.2. The Kier molecular flexibility index (Phi) is 3.77. The predicted octanol–water partition coefficient (Wildman–Crippen LogP) is 2.54. The zero-order chi connectivity index (χ0) is 18.6. The molecule has 5 nitrogen and oxygen atoms in total. The van der Waals surface area contributed by atoms with Gasteiger partial charge < -0.3 is 10.8 Å². The molecule has 2 amide bonds. The molecule has 0 bridgehead atoms. The molecule has 25 heavy (non-hydrogen) atoms. The van der Waals surface area contributed by atoms with Crippen molar-refractivity contribution in [2.24, 2.45) is 5.73 Å². The summed E-state index contributed by atoms with van der Waals surface area (Å²) in [5.41, 5.74) is 1.02. The molecular formula is C16H10ClF3N2O3. The fraction of sp³-hybridized carbons (Fsp3) is 0.125. The number of halogens is 4. The van der Waals surface area contributed by atoms with Gasteiger partial charge in [0.2, 0.25) is 5.91 Å². The van der Waals surface area contributed by atoms with Gasteiger partial charge in [-0.3, -0.25) is 9.59 Å². The van der Waals surface area contributed by atoms with Crippen LogP contribution in [-0.4, -0.2) is 23.2 Å². The Morgan fingerprint density at radius 1 is 1.16 bits per heavy atom. The summed E-state index contributed by atoms with van der Waals surface area (Å²) in [5, 5.41) is 10.9. The van der Waals surface area contributed by atoms with E-state index < -0.39 is 34.3 Å². The quantitative estimate of drug-likeness (QED) is 0.797. The van der Waals surface area contributed by atoms with E-state index in [1.807, 2.05) is 0 Å². The van der Waals surface area contributed by atoms with Crippen molar-refractivity contribution in [2.75, 3.05) is 4.90 Å². The number of primary amides is 1. The van der Waals surface area contributed by atoms with Crippen LogP contribution in [0, 0.1) is 0 Å². The largest absolute Gasteiger partial charge is 0.491 e. The van der Waals surface area contributed by atoms with E-state index in [1.165, 1.54) is 24.3 Å². The smallest absolute Gasteiger partial charge is 0.372 e. The highest BCUT2D eigenvalue weighted by Crippen LogP contribution is 2.49. The number of hydrogen-bond acceptors (Lipinski definition) is 3. The van der Waals surface area contributed by atoms with Gasteiger partial charge in [0.15, 0.2) is 5.60 Å². The van der Waals surface area contributed by atoms with Crippen LogP contribution < -0.4 is 10.6 Å². The maximum atomic E-state index is 13.4. The van der Waals surface area contributed by atoms with Crippen LogP contribution in [0.5, 0.6) is 0 Å². The Labute approximate surface area is 144 Å². The number of carbonyl (C=O) groups is 2. The van der Waals surface area contributed by atoms with Gasteiger partial charge in [-0.05, 0) is 18.2 Å². The molecule has 2 aromatic rings. The third-order valence-electron chi connectivity index (χ3n) is 3.94. The topological polar surface area (TPSA) is 83.6 Å². The molecule has 3 rings (SSSR count). The molecule has 0 radical (unpaired) electrons. The number of hydrogen-bond donors (Lipinski definition) is 2. The van der Waals surface area contributed by atoms with Crippen LogP contribution in [0.25, 0.3) is 0 Å². The van der Waals surface area contributed by atoms with E-state index in [0.29, 0.717) is 0 Å². The van der Waals surface area contributed by atoms with E-state index in [-0.39, 0.29) is 21.7 Å². The molecule has 3 N–H and O–H groups in total. The minimum atomic E-state index is -5.12. The first-order valence-electron chi connectivity index (χ1n) is 6.91. The maximum Gasteiger partial charge on any atom is 0.491 e. The monoisotopic (exact) mass is 370 g/mol. The molecule has 2 aromatic carbocycles. The highest BCUT2D eigenvalue weighted by atomic mass is 35.5. The van der Waals surface area contributed by atoms with Gasteiger partial charge in [0.05, 0.1) is 5.69 Å². The van der Waals surface area contributed by atoms with Crippen molar-refractivity contribution in [1.82, 2.24) is 0 Å². The molecule has 0 spiro atoms. The fourth-order valence-electron chi connectivity index (χ4n) is 2.83. The van der Waals surface area contributed by atoms with Gasteiger partial charge in [-0.15, -0.1) is 13.2 Å². The van der Waals surface area contributed by atoms with Crippen molar-refractivity contribution in [3.8, 4) is 0 Å². The summed E-state index contributed by atoms with van der Waals surface area (Å²) in [4.78, 5) is 23.3. The number of aliphatic hydroxyl groups is 1. The zero-order valence-corrected chi connectivity index (χ0v) is 13.1. The van der Waals surface area contributed by atoms with Gasteiger partial charge in [-0.25, -0.2) is 4.90 Å². The molecule has 0 aromatic heterocycles.